The van der Waals surface area contributed by atoms with Gasteiger partial charge < -0.3 is 10.1 Å². The van der Waals surface area contributed by atoms with Gasteiger partial charge in [0.15, 0.2) is 5.11 Å². The molecule has 1 amide bonds. The van der Waals surface area contributed by atoms with Gasteiger partial charge in [-0.2, -0.15) is 0 Å². The molecule has 1 rings (SSSR count). The number of amides is 1. The number of anilines is 1. The number of ether oxygens (including phenoxy) is 1. The second-order valence-electron chi connectivity index (χ2n) is 4.44. The number of nitrogens with one attached hydrogen (secondary N) is 2. The summed E-state index contributed by atoms with van der Waals surface area (Å²) < 4.78 is 4.96. The van der Waals surface area contributed by atoms with Crippen LogP contribution in [0.1, 0.15) is 19.4 Å². The highest BCUT2D eigenvalue weighted by Crippen LogP contribution is 2.09. The molecule has 2 N–H and O–H groups in total. The first kappa shape index (κ1) is 14.4. The van der Waals surface area contributed by atoms with Crippen LogP contribution < -0.4 is 10.6 Å². The van der Waals surface area contributed by atoms with Gasteiger partial charge in [-0.15, -0.1) is 0 Å². The monoisotopic (exact) mass is 266 g/mol. The molecule has 0 saturated heterocycles. The molecule has 1 aromatic carbocycles. The molecule has 1 aromatic rings. The molecular weight excluding hydrogens is 248 g/mol. The zero-order valence-electron chi connectivity index (χ0n) is 10.8. The molecule has 0 heterocycles. The summed E-state index contributed by atoms with van der Waals surface area (Å²) in [5.74, 6) is 0.300. The molecule has 0 atom stereocenters. The fourth-order valence-corrected chi connectivity index (χ4v) is 1.46. The Labute approximate surface area is 113 Å². The van der Waals surface area contributed by atoms with Crippen molar-refractivity contribution in [2.75, 3.05) is 11.9 Å². The van der Waals surface area contributed by atoms with E-state index in [1.54, 1.807) is 0 Å². The third-order valence-corrected chi connectivity index (χ3v) is 2.24. The van der Waals surface area contributed by atoms with Crippen molar-refractivity contribution in [1.82, 2.24) is 5.32 Å². The standard InChI is InChI=1S/C13H18N2O2S/c1-9(2)8-17-13(16)15-12(18)14-11-6-4-5-10(3)7-11/h4-7,9H,8H2,1-3H3,(H2,14,15,16,18). The van der Waals surface area contributed by atoms with E-state index >= 15 is 0 Å². The van der Waals surface area contributed by atoms with Crippen LogP contribution in [0.25, 0.3) is 0 Å². The summed E-state index contributed by atoms with van der Waals surface area (Å²) in [5, 5.41) is 5.61. The molecular formula is C13H18N2O2S. The van der Waals surface area contributed by atoms with Gasteiger partial charge in [-0.05, 0) is 42.8 Å². The van der Waals surface area contributed by atoms with Gasteiger partial charge in [-0.25, -0.2) is 4.79 Å². The number of carbonyl (C=O) groups excluding carboxylic acids is 1. The van der Waals surface area contributed by atoms with Crippen LogP contribution in [0.5, 0.6) is 0 Å². The number of hydrogen-bond donors (Lipinski definition) is 2. The van der Waals surface area contributed by atoms with Gasteiger partial charge in [0, 0.05) is 5.69 Å². The molecule has 0 bridgehead atoms. The zero-order chi connectivity index (χ0) is 13.5. The van der Waals surface area contributed by atoms with Crippen molar-refractivity contribution in [2.45, 2.75) is 20.8 Å². The lowest BCUT2D eigenvalue weighted by Gasteiger charge is -2.11. The van der Waals surface area contributed by atoms with Gasteiger partial charge in [-0.3, -0.25) is 5.32 Å². The highest BCUT2D eigenvalue weighted by Gasteiger charge is 2.06. The molecule has 0 saturated carbocycles. The average molecular weight is 266 g/mol. The second kappa shape index (κ2) is 6.96. The van der Waals surface area contributed by atoms with Crippen LogP contribution >= 0.6 is 12.2 Å². The summed E-state index contributed by atoms with van der Waals surface area (Å²) in [6.07, 6.45) is -0.533. The molecule has 0 fully saturated rings. The van der Waals surface area contributed by atoms with E-state index in [0.29, 0.717) is 12.5 Å². The molecule has 5 heteroatoms. The average Bonchev–Trinajstić information content (AvgIpc) is 2.26. The van der Waals surface area contributed by atoms with Gasteiger partial charge in [0.2, 0.25) is 0 Å². The minimum atomic E-state index is -0.533. The second-order valence-corrected chi connectivity index (χ2v) is 4.85. The minimum Gasteiger partial charge on any atom is -0.449 e. The van der Waals surface area contributed by atoms with Crippen LogP contribution in [0.4, 0.5) is 10.5 Å². The maximum atomic E-state index is 11.4. The van der Waals surface area contributed by atoms with Gasteiger partial charge in [0.25, 0.3) is 0 Å². The van der Waals surface area contributed by atoms with Gasteiger partial charge in [0.1, 0.15) is 0 Å². The molecule has 0 radical (unpaired) electrons. The predicted molar refractivity (Wildman–Crippen MR) is 76.7 cm³/mol. The first-order valence-corrected chi connectivity index (χ1v) is 6.19. The van der Waals surface area contributed by atoms with E-state index in [0.717, 1.165) is 11.3 Å². The lowest BCUT2D eigenvalue weighted by molar-refractivity contribution is 0.138. The summed E-state index contributed by atoms with van der Waals surface area (Å²) in [6.45, 7) is 6.30. The zero-order valence-corrected chi connectivity index (χ0v) is 11.6. The van der Waals surface area contributed by atoms with E-state index in [1.807, 2.05) is 45.0 Å². The molecule has 18 heavy (non-hydrogen) atoms. The fraction of sp³-hybridized carbons (Fsp3) is 0.385. The molecule has 0 aliphatic heterocycles. The Morgan fingerprint density at radius 1 is 1.44 bits per heavy atom. The quantitative estimate of drug-likeness (QED) is 0.826. The molecule has 0 aliphatic carbocycles. The normalized spacial score (nSPS) is 10.0. The number of hydrogen-bond acceptors (Lipinski definition) is 3. The Kier molecular flexibility index (Phi) is 5.58. The predicted octanol–water partition coefficient (Wildman–Crippen LogP) is 3.07. The summed E-state index contributed by atoms with van der Waals surface area (Å²) >= 11 is 5.01. The lowest BCUT2D eigenvalue weighted by Crippen LogP contribution is -2.35. The third-order valence-electron chi connectivity index (χ3n) is 2.04. The van der Waals surface area contributed by atoms with Crippen molar-refractivity contribution in [2.24, 2.45) is 5.92 Å². The molecule has 0 unspecified atom stereocenters. The Morgan fingerprint density at radius 2 is 2.17 bits per heavy atom. The van der Waals surface area contributed by atoms with Crippen LogP contribution in [0.2, 0.25) is 0 Å². The van der Waals surface area contributed by atoms with Gasteiger partial charge >= 0.3 is 6.09 Å². The van der Waals surface area contributed by atoms with E-state index in [4.69, 9.17) is 17.0 Å². The van der Waals surface area contributed by atoms with E-state index < -0.39 is 6.09 Å². The van der Waals surface area contributed by atoms with Crippen molar-refractivity contribution in [1.29, 1.82) is 0 Å². The Balaban J connectivity index is 2.40. The summed E-state index contributed by atoms with van der Waals surface area (Å²) in [6, 6.07) is 7.71. The van der Waals surface area contributed by atoms with Gasteiger partial charge in [0.05, 0.1) is 6.61 Å². The summed E-state index contributed by atoms with van der Waals surface area (Å²) in [7, 11) is 0. The first-order chi connectivity index (χ1) is 8.47. The van der Waals surface area contributed by atoms with Crippen LogP contribution in [-0.4, -0.2) is 17.8 Å². The van der Waals surface area contributed by atoms with Crippen molar-refractivity contribution in [3.05, 3.63) is 29.8 Å². The Hall–Kier alpha value is -1.62. The SMILES string of the molecule is Cc1cccc(NC(=S)NC(=O)OCC(C)C)c1. The van der Waals surface area contributed by atoms with Crippen LogP contribution in [0.15, 0.2) is 24.3 Å². The van der Waals surface area contributed by atoms with E-state index in [-0.39, 0.29) is 5.11 Å². The highest BCUT2D eigenvalue weighted by atomic mass is 32.1. The number of benzene rings is 1. The Bertz CT molecular complexity index is 433. The van der Waals surface area contributed by atoms with Crippen LogP contribution in [0.3, 0.4) is 0 Å². The highest BCUT2D eigenvalue weighted by molar-refractivity contribution is 7.80. The number of rotatable bonds is 3. The smallest absolute Gasteiger partial charge is 0.413 e. The van der Waals surface area contributed by atoms with E-state index in [1.165, 1.54) is 0 Å². The molecule has 98 valence electrons. The summed E-state index contributed by atoms with van der Waals surface area (Å²) in [4.78, 5) is 11.4. The number of aryl methyl sites for hydroxylation is 1. The minimum absolute atomic E-state index is 0.231. The van der Waals surface area contributed by atoms with Crippen molar-refractivity contribution in [3.63, 3.8) is 0 Å². The van der Waals surface area contributed by atoms with E-state index in [9.17, 15) is 4.79 Å². The van der Waals surface area contributed by atoms with E-state index in [2.05, 4.69) is 10.6 Å². The van der Waals surface area contributed by atoms with Crippen LogP contribution in [0, 0.1) is 12.8 Å². The number of carbonyl (C=O) groups is 1. The molecule has 0 aromatic heterocycles. The fourth-order valence-electron chi connectivity index (χ4n) is 1.26. The summed E-state index contributed by atoms with van der Waals surface area (Å²) in [5.41, 5.74) is 1.95. The topological polar surface area (TPSA) is 50.4 Å². The molecule has 4 nitrogen and oxygen atoms in total. The molecule has 0 aliphatic rings. The maximum absolute atomic E-state index is 11.4. The maximum Gasteiger partial charge on any atom is 0.413 e. The van der Waals surface area contributed by atoms with Crippen molar-refractivity contribution >= 4 is 29.1 Å². The number of thiocarbonyl (C=S) groups is 1. The number of alkyl carbamates (subject to hydrolysis) is 1. The van der Waals surface area contributed by atoms with Crippen molar-refractivity contribution in [3.8, 4) is 0 Å². The third kappa shape index (κ3) is 5.63. The Morgan fingerprint density at radius 3 is 2.78 bits per heavy atom. The van der Waals surface area contributed by atoms with Crippen LogP contribution in [-0.2, 0) is 4.74 Å². The first-order valence-electron chi connectivity index (χ1n) is 5.79. The van der Waals surface area contributed by atoms with Gasteiger partial charge in [-0.1, -0.05) is 26.0 Å². The molecule has 0 spiro atoms. The largest absolute Gasteiger partial charge is 0.449 e. The van der Waals surface area contributed by atoms with Crippen molar-refractivity contribution < 1.29 is 9.53 Å². The lowest BCUT2D eigenvalue weighted by atomic mass is 10.2.